The summed E-state index contributed by atoms with van der Waals surface area (Å²) in [6, 6.07) is 18.1. The Morgan fingerprint density at radius 1 is 0.609 bits per heavy atom. The van der Waals surface area contributed by atoms with E-state index >= 15 is 0 Å². The number of benzene rings is 3. The van der Waals surface area contributed by atoms with E-state index in [-0.39, 0.29) is 23.1 Å². The quantitative estimate of drug-likeness (QED) is 0.112. The molecule has 8 nitrogen and oxygen atoms in total. The molecule has 0 spiro atoms. The third-order valence-electron chi connectivity index (χ3n) is 8.50. The molecule has 8 heteroatoms. The predicted octanol–water partition coefficient (Wildman–Crippen LogP) is 9.48. The number of hydrogen-bond donors (Lipinski definition) is 2. The Morgan fingerprint density at radius 2 is 1.07 bits per heavy atom. The van der Waals surface area contributed by atoms with Crippen molar-refractivity contribution in [2.45, 2.75) is 79.1 Å². The van der Waals surface area contributed by atoms with E-state index in [1.165, 1.54) is 0 Å². The number of phenolic OH excluding ortho intramolecular Hbond substituents is 2. The number of ether oxygens (including phenoxy) is 3. The number of rotatable bonds is 18. The smallest absolute Gasteiger partial charge is 0.168 e. The maximum absolute atomic E-state index is 11.4. The summed E-state index contributed by atoms with van der Waals surface area (Å²) in [5.41, 5.74) is 1.55. The van der Waals surface area contributed by atoms with Crippen molar-refractivity contribution in [2.24, 2.45) is 11.8 Å². The van der Waals surface area contributed by atoms with Crippen LogP contribution in [0.25, 0.3) is 34.2 Å². The molecule has 0 aliphatic rings. The van der Waals surface area contributed by atoms with Crippen LogP contribution in [0.1, 0.15) is 79.1 Å². The van der Waals surface area contributed by atoms with E-state index in [9.17, 15) is 10.2 Å². The van der Waals surface area contributed by atoms with Crippen LogP contribution >= 0.6 is 0 Å². The number of aromatic hydroxyl groups is 2. The number of methoxy groups -OCH3 is 1. The van der Waals surface area contributed by atoms with E-state index < -0.39 is 0 Å². The summed E-state index contributed by atoms with van der Waals surface area (Å²) >= 11 is 0. The number of unbranched alkanes of at least 4 members (excludes halogenated alkanes) is 2. The molecule has 0 saturated heterocycles. The second-order valence-electron chi connectivity index (χ2n) is 11.8. The van der Waals surface area contributed by atoms with Crippen LogP contribution in [0.3, 0.4) is 0 Å². The minimum atomic E-state index is -0.0373. The molecule has 0 aliphatic heterocycles. The van der Waals surface area contributed by atoms with Gasteiger partial charge in [0.15, 0.2) is 40.5 Å². The number of para-hydroxylation sites is 2. The van der Waals surface area contributed by atoms with E-state index in [4.69, 9.17) is 29.2 Å². The van der Waals surface area contributed by atoms with Gasteiger partial charge in [-0.1, -0.05) is 78.4 Å². The molecular weight excluding hydrogens is 578 g/mol. The average Bonchev–Trinajstić information content (AvgIpc) is 3.09. The standard InChI is InChI=1S/C38H49N3O5/c1-6-10-14-26(8-3)24-45-32-18-12-16-30(34(32)42)37-39-36(28-20-22-29(44-5)23-21-28)40-38(41-37)31-17-13-19-33(35(31)43)46-25-27(9-4)15-11-7-2/h12-13,16-23,26-27,42-43H,6-11,14-15,24-25H2,1-5H3. The SMILES string of the molecule is CCCCC(CC)COc1cccc(-c2nc(-c3ccc(OC)cc3)nc(-c3cccc(OCC(CC)CCCC)c3O)n2)c1O. The maximum Gasteiger partial charge on any atom is 0.168 e. The second-order valence-corrected chi connectivity index (χ2v) is 11.8. The third-order valence-corrected chi connectivity index (χ3v) is 8.50. The normalized spacial score (nSPS) is 12.5. The van der Waals surface area contributed by atoms with Crippen molar-refractivity contribution in [1.29, 1.82) is 0 Å². The molecule has 0 amide bonds. The highest BCUT2D eigenvalue weighted by Crippen LogP contribution is 2.40. The van der Waals surface area contributed by atoms with E-state index in [0.717, 1.165) is 56.9 Å². The molecule has 1 heterocycles. The largest absolute Gasteiger partial charge is 0.504 e. The van der Waals surface area contributed by atoms with Crippen LogP contribution in [0, 0.1) is 11.8 Å². The highest BCUT2D eigenvalue weighted by Gasteiger charge is 2.21. The molecule has 0 saturated carbocycles. The molecule has 1 aromatic heterocycles. The van der Waals surface area contributed by atoms with Crippen molar-refractivity contribution >= 4 is 0 Å². The maximum atomic E-state index is 11.4. The fourth-order valence-corrected chi connectivity index (χ4v) is 5.34. The number of hydrogen-bond acceptors (Lipinski definition) is 8. The zero-order valence-corrected chi connectivity index (χ0v) is 28.0. The van der Waals surface area contributed by atoms with Crippen LogP contribution in [0.2, 0.25) is 0 Å². The zero-order valence-electron chi connectivity index (χ0n) is 28.0. The first-order valence-electron chi connectivity index (χ1n) is 16.7. The summed E-state index contributed by atoms with van der Waals surface area (Å²) in [5.74, 6) is 3.11. The Morgan fingerprint density at radius 3 is 1.48 bits per heavy atom. The topological polar surface area (TPSA) is 107 Å². The average molecular weight is 628 g/mol. The summed E-state index contributed by atoms with van der Waals surface area (Å²) < 4.78 is 17.6. The lowest BCUT2D eigenvalue weighted by Crippen LogP contribution is -2.11. The van der Waals surface area contributed by atoms with Crippen molar-refractivity contribution in [1.82, 2.24) is 15.0 Å². The lowest BCUT2D eigenvalue weighted by Gasteiger charge is -2.18. The van der Waals surface area contributed by atoms with Crippen LogP contribution in [0.4, 0.5) is 0 Å². The summed E-state index contributed by atoms with van der Waals surface area (Å²) in [4.78, 5) is 14.3. The summed E-state index contributed by atoms with van der Waals surface area (Å²) in [6.07, 6.45) is 8.74. The minimum Gasteiger partial charge on any atom is -0.504 e. The van der Waals surface area contributed by atoms with Gasteiger partial charge in [-0.3, -0.25) is 0 Å². The molecule has 4 aromatic rings. The van der Waals surface area contributed by atoms with Gasteiger partial charge in [0.25, 0.3) is 0 Å². The van der Waals surface area contributed by atoms with E-state index in [1.807, 2.05) is 36.4 Å². The van der Waals surface area contributed by atoms with Crippen molar-refractivity contribution in [2.75, 3.05) is 20.3 Å². The molecule has 46 heavy (non-hydrogen) atoms. The Bertz CT molecular complexity index is 1440. The summed E-state index contributed by atoms with van der Waals surface area (Å²) in [5, 5.41) is 22.8. The highest BCUT2D eigenvalue weighted by atomic mass is 16.5. The first kappa shape index (κ1) is 34.5. The summed E-state index contributed by atoms with van der Waals surface area (Å²) in [7, 11) is 1.61. The Balaban J connectivity index is 1.74. The number of aromatic nitrogens is 3. The fraction of sp³-hybridized carbons (Fsp3) is 0.447. The summed E-state index contributed by atoms with van der Waals surface area (Å²) in [6.45, 7) is 9.74. The van der Waals surface area contributed by atoms with Gasteiger partial charge in [0, 0.05) is 5.56 Å². The van der Waals surface area contributed by atoms with Crippen molar-refractivity contribution in [3.63, 3.8) is 0 Å². The van der Waals surface area contributed by atoms with Gasteiger partial charge >= 0.3 is 0 Å². The molecule has 0 radical (unpaired) electrons. The molecule has 0 fully saturated rings. The van der Waals surface area contributed by atoms with Gasteiger partial charge in [-0.15, -0.1) is 0 Å². The van der Waals surface area contributed by atoms with Crippen molar-refractivity contribution in [3.8, 4) is 62.9 Å². The molecule has 4 rings (SSSR count). The zero-order chi connectivity index (χ0) is 32.9. The van der Waals surface area contributed by atoms with Crippen LogP contribution in [-0.4, -0.2) is 45.5 Å². The van der Waals surface area contributed by atoms with E-state index in [0.29, 0.717) is 59.2 Å². The van der Waals surface area contributed by atoms with Crippen molar-refractivity contribution < 1.29 is 24.4 Å². The Kier molecular flexibility index (Phi) is 13.1. The minimum absolute atomic E-state index is 0.0373. The molecule has 0 bridgehead atoms. The second kappa shape index (κ2) is 17.4. The fourth-order valence-electron chi connectivity index (χ4n) is 5.34. The lowest BCUT2D eigenvalue weighted by molar-refractivity contribution is 0.226. The first-order valence-corrected chi connectivity index (χ1v) is 16.7. The van der Waals surface area contributed by atoms with Gasteiger partial charge in [-0.25, -0.2) is 15.0 Å². The lowest BCUT2D eigenvalue weighted by atomic mass is 10.0. The van der Waals surface area contributed by atoms with Gasteiger partial charge in [-0.05, 0) is 73.2 Å². The van der Waals surface area contributed by atoms with Gasteiger partial charge in [-0.2, -0.15) is 0 Å². The highest BCUT2D eigenvalue weighted by molar-refractivity contribution is 5.74. The molecular formula is C38H49N3O5. The predicted molar refractivity (Wildman–Crippen MR) is 184 cm³/mol. The monoisotopic (exact) mass is 627 g/mol. The van der Waals surface area contributed by atoms with Gasteiger partial charge < -0.3 is 24.4 Å². The Hall–Kier alpha value is -4.33. The third kappa shape index (κ3) is 8.89. The molecule has 3 aromatic carbocycles. The van der Waals surface area contributed by atoms with Crippen molar-refractivity contribution in [3.05, 3.63) is 60.7 Å². The van der Waals surface area contributed by atoms with E-state index in [1.54, 1.807) is 31.4 Å². The molecule has 246 valence electrons. The van der Waals surface area contributed by atoms with Crippen LogP contribution in [0.15, 0.2) is 60.7 Å². The number of nitrogens with zero attached hydrogens (tertiary/aromatic N) is 3. The van der Waals surface area contributed by atoms with Gasteiger partial charge in [0.05, 0.1) is 31.5 Å². The van der Waals surface area contributed by atoms with Gasteiger partial charge in [0.1, 0.15) is 5.75 Å². The Labute approximate surface area is 273 Å². The first-order chi connectivity index (χ1) is 22.4. The van der Waals surface area contributed by atoms with Crippen LogP contribution in [0.5, 0.6) is 28.7 Å². The molecule has 2 unspecified atom stereocenters. The molecule has 2 N–H and O–H groups in total. The molecule has 0 aliphatic carbocycles. The van der Waals surface area contributed by atoms with E-state index in [2.05, 4.69) is 27.7 Å². The van der Waals surface area contributed by atoms with Crippen LogP contribution < -0.4 is 14.2 Å². The number of phenols is 2. The van der Waals surface area contributed by atoms with Crippen LogP contribution in [-0.2, 0) is 0 Å². The van der Waals surface area contributed by atoms with Gasteiger partial charge in [0.2, 0.25) is 0 Å². The molecule has 2 atom stereocenters.